The molecule has 100 valence electrons. The highest BCUT2D eigenvalue weighted by Crippen LogP contribution is 2.30. The van der Waals surface area contributed by atoms with E-state index in [0.717, 1.165) is 20.9 Å². The summed E-state index contributed by atoms with van der Waals surface area (Å²) in [7, 11) is 0. The van der Waals surface area contributed by atoms with Gasteiger partial charge in [-0.1, -0.05) is 30.3 Å². The molecule has 0 amide bonds. The van der Waals surface area contributed by atoms with Gasteiger partial charge in [0, 0.05) is 28.1 Å². The molecule has 0 bridgehead atoms. The molecule has 0 aliphatic rings. The van der Waals surface area contributed by atoms with Crippen LogP contribution in [0.2, 0.25) is 0 Å². The van der Waals surface area contributed by atoms with Crippen molar-refractivity contribution >= 4 is 38.2 Å². The van der Waals surface area contributed by atoms with Crippen molar-refractivity contribution in [1.82, 2.24) is 4.57 Å². The molecule has 0 N–H and O–H groups in total. The van der Waals surface area contributed by atoms with E-state index < -0.39 is 0 Å². The summed E-state index contributed by atoms with van der Waals surface area (Å²) in [6.07, 6.45) is 2.02. The van der Waals surface area contributed by atoms with Crippen LogP contribution in [0.3, 0.4) is 0 Å². The molecule has 1 aromatic heterocycles. The normalized spacial score (nSPS) is 10.2. The van der Waals surface area contributed by atoms with Crippen molar-refractivity contribution < 1.29 is 0 Å². The van der Waals surface area contributed by atoms with Gasteiger partial charge < -0.3 is 4.57 Å². The molecule has 0 radical (unpaired) electrons. The van der Waals surface area contributed by atoms with E-state index in [4.69, 9.17) is 13.1 Å². The molecular formula is C17H10BrN3. The summed E-state index contributed by atoms with van der Waals surface area (Å²) in [6, 6.07) is 13.3. The smallest absolute Gasteiger partial charge is 0.188 e. The molecule has 0 saturated heterocycles. The largest absolute Gasteiger partial charge is 0.342 e. The molecule has 3 nitrogen and oxygen atoms in total. The highest BCUT2D eigenvalue weighted by Gasteiger charge is 2.08. The van der Waals surface area contributed by atoms with Crippen molar-refractivity contribution in [2.45, 2.75) is 6.54 Å². The molecule has 4 heteroatoms. The standard InChI is InChI=1S/C17H10BrN3/c1-19-13-5-3-4-12(8-13)10-21-11-16(18)15-9-14(20-2)6-7-17(15)21/h3-9,11H,10H2. The Morgan fingerprint density at radius 2 is 1.76 bits per heavy atom. The van der Waals surface area contributed by atoms with Gasteiger partial charge in [-0.15, -0.1) is 0 Å². The summed E-state index contributed by atoms with van der Waals surface area (Å²) in [5.74, 6) is 0. The van der Waals surface area contributed by atoms with Gasteiger partial charge in [-0.05, 0) is 33.6 Å². The fraction of sp³-hybridized carbons (Fsp3) is 0.0588. The fourth-order valence-corrected chi connectivity index (χ4v) is 2.93. The van der Waals surface area contributed by atoms with Gasteiger partial charge in [0.05, 0.1) is 13.1 Å². The molecule has 0 unspecified atom stereocenters. The van der Waals surface area contributed by atoms with Crippen molar-refractivity contribution in [1.29, 1.82) is 0 Å². The highest BCUT2D eigenvalue weighted by molar-refractivity contribution is 9.10. The summed E-state index contributed by atoms with van der Waals surface area (Å²) in [5, 5.41) is 1.03. The van der Waals surface area contributed by atoms with Crippen LogP contribution in [0, 0.1) is 13.1 Å². The van der Waals surface area contributed by atoms with Crippen LogP contribution in [-0.2, 0) is 6.54 Å². The number of halogens is 1. The minimum atomic E-state index is 0.635. The van der Waals surface area contributed by atoms with E-state index in [2.05, 4.69) is 30.2 Å². The Labute approximate surface area is 131 Å². The van der Waals surface area contributed by atoms with E-state index >= 15 is 0 Å². The first-order valence-corrected chi connectivity index (χ1v) is 7.13. The van der Waals surface area contributed by atoms with Gasteiger partial charge in [0.1, 0.15) is 0 Å². The molecule has 0 atom stereocenters. The average Bonchev–Trinajstić information content (AvgIpc) is 2.83. The van der Waals surface area contributed by atoms with E-state index in [1.165, 1.54) is 0 Å². The Morgan fingerprint density at radius 1 is 1.00 bits per heavy atom. The maximum Gasteiger partial charge on any atom is 0.188 e. The predicted molar refractivity (Wildman–Crippen MR) is 87.7 cm³/mol. The molecule has 3 aromatic rings. The molecule has 1 heterocycles. The number of rotatable bonds is 2. The molecule has 21 heavy (non-hydrogen) atoms. The Hall–Kier alpha value is -2.56. The number of hydrogen-bond donors (Lipinski definition) is 0. The Kier molecular flexibility index (Phi) is 3.48. The second-order valence-electron chi connectivity index (χ2n) is 4.70. The zero-order chi connectivity index (χ0) is 14.8. The van der Waals surface area contributed by atoms with E-state index in [1.54, 1.807) is 0 Å². The topological polar surface area (TPSA) is 13.6 Å². The molecule has 0 saturated carbocycles. The first-order chi connectivity index (χ1) is 10.2. The first kappa shape index (κ1) is 13.4. The zero-order valence-corrected chi connectivity index (χ0v) is 12.6. The number of hydrogen-bond acceptors (Lipinski definition) is 0. The third-order valence-electron chi connectivity index (χ3n) is 3.34. The van der Waals surface area contributed by atoms with E-state index in [0.29, 0.717) is 17.9 Å². The van der Waals surface area contributed by atoms with Crippen LogP contribution in [0.15, 0.2) is 53.1 Å². The van der Waals surface area contributed by atoms with E-state index in [-0.39, 0.29) is 0 Å². The van der Waals surface area contributed by atoms with Crippen molar-refractivity contribution in [3.8, 4) is 0 Å². The molecule has 0 spiro atoms. The number of nitrogens with zero attached hydrogens (tertiary/aromatic N) is 3. The minimum Gasteiger partial charge on any atom is -0.342 e. The molecule has 3 rings (SSSR count). The Bertz CT molecular complexity index is 910. The quantitative estimate of drug-likeness (QED) is 0.544. The van der Waals surface area contributed by atoms with Crippen molar-refractivity contribution in [3.05, 3.63) is 81.5 Å². The van der Waals surface area contributed by atoms with Crippen LogP contribution < -0.4 is 0 Å². The first-order valence-electron chi connectivity index (χ1n) is 6.33. The van der Waals surface area contributed by atoms with Gasteiger partial charge in [-0.25, -0.2) is 9.69 Å². The van der Waals surface area contributed by atoms with Crippen molar-refractivity contribution in [2.24, 2.45) is 0 Å². The second kappa shape index (κ2) is 5.44. The maximum atomic E-state index is 7.10. The summed E-state index contributed by atoms with van der Waals surface area (Å²) in [4.78, 5) is 6.93. The van der Waals surface area contributed by atoms with Crippen LogP contribution in [0.5, 0.6) is 0 Å². The summed E-state index contributed by atoms with van der Waals surface area (Å²) in [6.45, 7) is 14.9. The third kappa shape index (κ3) is 2.54. The van der Waals surface area contributed by atoms with E-state index in [9.17, 15) is 0 Å². The lowest BCUT2D eigenvalue weighted by Crippen LogP contribution is -1.97. The summed E-state index contributed by atoms with van der Waals surface area (Å²) < 4.78 is 3.10. The van der Waals surface area contributed by atoms with Crippen molar-refractivity contribution in [3.63, 3.8) is 0 Å². The number of fused-ring (bicyclic) bond motifs is 1. The van der Waals surface area contributed by atoms with E-state index in [1.807, 2.05) is 48.7 Å². The zero-order valence-electron chi connectivity index (χ0n) is 11.0. The minimum absolute atomic E-state index is 0.635. The Morgan fingerprint density at radius 3 is 2.52 bits per heavy atom. The lowest BCUT2D eigenvalue weighted by atomic mass is 10.2. The fourth-order valence-electron chi connectivity index (χ4n) is 2.36. The number of benzene rings is 2. The Balaban J connectivity index is 2.05. The highest BCUT2D eigenvalue weighted by atomic mass is 79.9. The molecule has 0 aliphatic carbocycles. The monoisotopic (exact) mass is 335 g/mol. The second-order valence-corrected chi connectivity index (χ2v) is 5.55. The van der Waals surface area contributed by atoms with Gasteiger partial charge in [0.25, 0.3) is 0 Å². The van der Waals surface area contributed by atoms with Gasteiger partial charge in [-0.3, -0.25) is 0 Å². The van der Waals surface area contributed by atoms with Crippen LogP contribution >= 0.6 is 15.9 Å². The third-order valence-corrected chi connectivity index (χ3v) is 3.97. The van der Waals surface area contributed by atoms with Crippen molar-refractivity contribution in [2.75, 3.05) is 0 Å². The average molecular weight is 336 g/mol. The van der Waals surface area contributed by atoms with Crippen LogP contribution in [0.25, 0.3) is 20.6 Å². The summed E-state index contributed by atoms with van der Waals surface area (Å²) >= 11 is 3.55. The predicted octanol–water partition coefficient (Wildman–Crippen LogP) is 5.55. The van der Waals surface area contributed by atoms with Gasteiger partial charge in [-0.2, -0.15) is 0 Å². The van der Waals surface area contributed by atoms with Crippen LogP contribution in [0.1, 0.15) is 5.56 Å². The molecule has 2 aromatic carbocycles. The lowest BCUT2D eigenvalue weighted by molar-refractivity contribution is 0.836. The molecule has 0 fully saturated rings. The van der Waals surface area contributed by atoms with Gasteiger partial charge in [0.15, 0.2) is 11.4 Å². The molecule has 0 aliphatic heterocycles. The molecular weight excluding hydrogens is 326 g/mol. The number of aromatic nitrogens is 1. The summed E-state index contributed by atoms with van der Waals surface area (Å²) in [5.41, 5.74) is 3.44. The van der Waals surface area contributed by atoms with Gasteiger partial charge >= 0.3 is 0 Å². The lowest BCUT2D eigenvalue weighted by Gasteiger charge is -2.06. The van der Waals surface area contributed by atoms with Gasteiger partial charge in [0.2, 0.25) is 0 Å². The van der Waals surface area contributed by atoms with Crippen LogP contribution in [-0.4, -0.2) is 4.57 Å². The van der Waals surface area contributed by atoms with Crippen LogP contribution in [0.4, 0.5) is 11.4 Å². The SMILES string of the molecule is [C-]#[N+]c1cccc(Cn2cc(Br)c3cc([N+]#[C-])ccc32)c1. The maximum absolute atomic E-state index is 7.10.